The van der Waals surface area contributed by atoms with Crippen molar-refractivity contribution in [1.82, 2.24) is 20.3 Å². The molecule has 1 fully saturated rings. The Balaban J connectivity index is 1.52. The van der Waals surface area contributed by atoms with E-state index in [1.807, 2.05) is 31.2 Å². The predicted octanol–water partition coefficient (Wildman–Crippen LogP) is 1.75. The summed E-state index contributed by atoms with van der Waals surface area (Å²) in [5.41, 5.74) is 3.70. The molecule has 0 unspecified atom stereocenters. The van der Waals surface area contributed by atoms with Gasteiger partial charge in [-0.2, -0.15) is 0 Å². The third-order valence-electron chi connectivity index (χ3n) is 5.23. The van der Waals surface area contributed by atoms with E-state index in [4.69, 9.17) is 9.72 Å². The van der Waals surface area contributed by atoms with Crippen molar-refractivity contribution in [1.29, 1.82) is 0 Å². The lowest BCUT2D eigenvalue weighted by Crippen LogP contribution is -2.52. The fourth-order valence-electron chi connectivity index (χ4n) is 3.92. The van der Waals surface area contributed by atoms with Crippen molar-refractivity contribution in [2.24, 2.45) is 5.10 Å². The van der Waals surface area contributed by atoms with Gasteiger partial charge < -0.3 is 9.64 Å². The minimum atomic E-state index is -0.266. The van der Waals surface area contributed by atoms with Gasteiger partial charge in [-0.1, -0.05) is 0 Å². The number of amidine groups is 1. The lowest BCUT2D eigenvalue weighted by molar-refractivity contribution is 0.193. The van der Waals surface area contributed by atoms with E-state index >= 15 is 0 Å². The third-order valence-corrected chi connectivity index (χ3v) is 5.23. The molecule has 2 amide bonds. The van der Waals surface area contributed by atoms with Crippen molar-refractivity contribution in [3.63, 3.8) is 0 Å². The van der Waals surface area contributed by atoms with Crippen LogP contribution in [0.3, 0.4) is 0 Å². The summed E-state index contributed by atoms with van der Waals surface area (Å²) in [6.45, 7) is 4.00. The van der Waals surface area contributed by atoms with E-state index in [0.29, 0.717) is 12.5 Å². The molecule has 3 aliphatic heterocycles. The van der Waals surface area contributed by atoms with Crippen molar-refractivity contribution in [2.75, 3.05) is 36.7 Å². The molecule has 144 valence electrons. The minimum absolute atomic E-state index is 0.0779. The third kappa shape index (κ3) is 2.79. The van der Waals surface area contributed by atoms with Crippen molar-refractivity contribution in [3.8, 4) is 11.3 Å². The van der Waals surface area contributed by atoms with Gasteiger partial charge >= 0.3 is 12.1 Å². The molecular weight excluding hydrogens is 358 g/mol. The van der Waals surface area contributed by atoms with Crippen molar-refractivity contribution in [3.05, 3.63) is 36.2 Å². The monoisotopic (exact) mass is 379 g/mol. The first-order valence-electron chi connectivity index (χ1n) is 9.30. The van der Waals surface area contributed by atoms with Crippen LogP contribution in [0.5, 0.6) is 0 Å². The molecule has 9 heteroatoms. The smallest absolute Gasteiger partial charge is 0.331 e. The lowest BCUT2D eigenvalue weighted by atomic mass is 10.1. The number of fused-ring (bicyclic) bond motifs is 4. The molecule has 2 bridgehead atoms. The van der Waals surface area contributed by atoms with Gasteiger partial charge in [-0.15, -0.1) is 5.10 Å². The van der Waals surface area contributed by atoms with Crippen LogP contribution in [0.25, 0.3) is 11.3 Å². The standard InChI is InChI=1S/C19H21N7O2/c1-12-9-13(5-7-20-12)15-3-4-16-17(21-15)26(14-6-8-25(16)10-14)19(27)22-18-23-24(2)11-28-18/h3-5,7,9,14H,6,8,10-11H2,1-2H3,(H,22,23,27)/t14-/m0/s1. The average molecular weight is 379 g/mol. The largest absolute Gasteiger partial charge is 0.441 e. The Bertz CT molecular complexity index is 977. The van der Waals surface area contributed by atoms with Crippen LogP contribution < -0.4 is 15.1 Å². The summed E-state index contributed by atoms with van der Waals surface area (Å²) < 4.78 is 5.38. The highest BCUT2D eigenvalue weighted by molar-refractivity contribution is 6.04. The van der Waals surface area contributed by atoms with Gasteiger partial charge in [0.2, 0.25) is 0 Å². The van der Waals surface area contributed by atoms with Gasteiger partial charge in [0.1, 0.15) is 0 Å². The van der Waals surface area contributed by atoms with E-state index in [2.05, 4.69) is 20.3 Å². The number of carbonyl (C=O) groups is 1. The first-order valence-corrected chi connectivity index (χ1v) is 9.30. The average Bonchev–Trinajstić information content (AvgIpc) is 3.28. The summed E-state index contributed by atoms with van der Waals surface area (Å²) in [5, 5.41) is 8.55. The van der Waals surface area contributed by atoms with Crippen LogP contribution in [0.2, 0.25) is 0 Å². The second-order valence-corrected chi connectivity index (χ2v) is 7.25. The van der Waals surface area contributed by atoms with E-state index < -0.39 is 0 Å². The van der Waals surface area contributed by atoms with Gasteiger partial charge in [-0.3, -0.25) is 20.2 Å². The van der Waals surface area contributed by atoms with E-state index in [-0.39, 0.29) is 18.1 Å². The number of anilines is 2. The number of aromatic nitrogens is 2. The summed E-state index contributed by atoms with van der Waals surface area (Å²) in [7, 11) is 1.79. The maximum Gasteiger partial charge on any atom is 0.331 e. The zero-order valence-corrected chi connectivity index (χ0v) is 15.8. The number of amides is 2. The Kier molecular flexibility index (Phi) is 3.81. The molecule has 5 rings (SSSR count). The second kappa shape index (κ2) is 6.36. The van der Waals surface area contributed by atoms with Crippen LogP contribution in [0.15, 0.2) is 35.6 Å². The molecule has 28 heavy (non-hydrogen) atoms. The highest BCUT2D eigenvalue weighted by Crippen LogP contribution is 2.40. The summed E-state index contributed by atoms with van der Waals surface area (Å²) in [6.07, 6.45) is 2.68. The number of hydrazone groups is 1. The van der Waals surface area contributed by atoms with Crippen LogP contribution in [0.1, 0.15) is 12.1 Å². The number of ether oxygens (including phenoxy) is 1. The fourth-order valence-corrected chi connectivity index (χ4v) is 3.92. The summed E-state index contributed by atoms with van der Waals surface area (Å²) >= 11 is 0. The number of urea groups is 1. The quantitative estimate of drug-likeness (QED) is 0.812. The van der Waals surface area contributed by atoms with Crippen molar-refractivity contribution >= 4 is 23.6 Å². The number of rotatable bonds is 1. The maximum atomic E-state index is 13.1. The molecule has 3 aliphatic rings. The lowest BCUT2D eigenvalue weighted by Gasteiger charge is -2.35. The molecule has 2 aromatic heterocycles. The molecule has 5 heterocycles. The molecule has 1 atom stereocenters. The van der Waals surface area contributed by atoms with Crippen LogP contribution in [-0.4, -0.2) is 59.9 Å². The molecule has 9 nitrogen and oxygen atoms in total. The molecule has 0 aliphatic carbocycles. The van der Waals surface area contributed by atoms with E-state index in [9.17, 15) is 4.79 Å². The molecular formula is C19H21N7O2. The summed E-state index contributed by atoms with van der Waals surface area (Å²) in [4.78, 5) is 26.2. The van der Waals surface area contributed by atoms with Gasteiger partial charge in [-0.25, -0.2) is 9.78 Å². The first-order chi connectivity index (χ1) is 13.6. The predicted molar refractivity (Wildman–Crippen MR) is 105 cm³/mol. The Morgan fingerprint density at radius 1 is 1.32 bits per heavy atom. The van der Waals surface area contributed by atoms with Crippen LogP contribution >= 0.6 is 0 Å². The van der Waals surface area contributed by atoms with Gasteiger partial charge in [-0.05, 0) is 37.6 Å². The summed E-state index contributed by atoms with van der Waals surface area (Å²) in [6, 6.07) is 8.00. The zero-order valence-electron chi connectivity index (χ0n) is 15.8. The topological polar surface area (TPSA) is 86.2 Å². The first kappa shape index (κ1) is 16.8. The number of nitrogens with one attached hydrogen (secondary N) is 1. The van der Waals surface area contributed by atoms with E-state index in [0.717, 1.165) is 42.1 Å². The fraction of sp³-hybridized carbons (Fsp3) is 0.368. The molecule has 0 radical (unpaired) electrons. The molecule has 1 saturated heterocycles. The number of nitrogens with zero attached hydrogens (tertiary/aromatic N) is 6. The van der Waals surface area contributed by atoms with Crippen molar-refractivity contribution < 1.29 is 9.53 Å². The molecule has 0 saturated carbocycles. The van der Waals surface area contributed by atoms with Gasteiger partial charge in [0.05, 0.1) is 17.4 Å². The molecule has 1 N–H and O–H groups in total. The SMILES string of the molecule is Cc1cc(-c2ccc3c(n2)N(C(=O)NC2=NN(C)CO2)[C@H]2CCN3C2)ccn1. The molecule has 2 aromatic rings. The Labute approximate surface area is 162 Å². The number of carbonyl (C=O) groups excluding carboxylic acids is 1. The molecule has 0 spiro atoms. The van der Waals surface area contributed by atoms with Gasteiger partial charge in [0.15, 0.2) is 12.5 Å². The maximum absolute atomic E-state index is 13.1. The minimum Gasteiger partial charge on any atom is -0.441 e. The van der Waals surface area contributed by atoms with Crippen LogP contribution in [0.4, 0.5) is 16.3 Å². The Morgan fingerprint density at radius 3 is 3.00 bits per heavy atom. The van der Waals surface area contributed by atoms with Crippen LogP contribution in [-0.2, 0) is 4.74 Å². The van der Waals surface area contributed by atoms with Gasteiger partial charge in [0.25, 0.3) is 0 Å². The normalized spacial score (nSPS) is 20.0. The highest BCUT2D eigenvalue weighted by atomic mass is 16.5. The number of hydrogen-bond acceptors (Lipinski definition) is 7. The number of pyridine rings is 2. The molecule has 0 aromatic carbocycles. The van der Waals surface area contributed by atoms with Crippen molar-refractivity contribution in [2.45, 2.75) is 19.4 Å². The van der Waals surface area contributed by atoms with E-state index in [1.54, 1.807) is 23.2 Å². The summed E-state index contributed by atoms with van der Waals surface area (Å²) in [5.74, 6) is 0.671. The number of hydrogen-bond donors (Lipinski definition) is 1. The van der Waals surface area contributed by atoms with E-state index in [1.165, 1.54) is 0 Å². The Hall–Kier alpha value is -3.36. The van der Waals surface area contributed by atoms with Crippen LogP contribution in [0, 0.1) is 6.92 Å². The Morgan fingerprint density at radius 2 is 2.21 bits per heavy atom. The second-order valence-electron chi connectivity index (χ2n) is 7.25. The number of aryl methyl sites for hydroxylation is 1. The zero-order chi connectivity index (χ0) is 19.3. The van der Waals surface area contributed by atoms with Gasteiger partial charge in [0, 0.05) is 37.6 Å². The highest BCUT2D eigenvalue weighted by Gasteiger charge is 2.40.